The first-order chi connectivity index (χ1) is 11.4. The molecule has 0 aliphatic carbocycles. The number of ether oxygens (including phenoxy) is 2. The molecule has 1 saturated heterocycles. The Kier molecular flexibility index (Phi) is 6.41. The third kappa shape index (κ3) is 4.17. The Hall–Kier alpha value is -1.39. The predicted octanol–water partition coefficient (Wildman–Crippen LogP) is -0.637. The Labute approximate surface area is 142 Å². The number of rotatable bonds is 7. The molecule has 1 aliphatic heterocycles. The van der Waals surface area contributed by atoms with Crippen LogP contribution in [0.4, 0.5) is 0 Å². The second kappa shape index (κ2) is 8.13. The molecule has 2 N–H and O–H groups in total. The molecule has 0 spiro atoms. The van der Waals surface area contributed by atoms with Crippen LogP contribution >= 0.6 is 0 Å². The summed E-state index contributed by atoms with van der Waals surface area (Å²) in [6, 6.07) is 4.67. The normalized spacial score (nSPS) is 18.3. The molecule has 136 valence electrons. The van der Waals surface area contributed by atoms with Gasteiger partial charge in [-0.2, -0.15) is 4.31 Å². The van der Waals surface area contributed by atoms with Crippen molar-refractivity contribution in [2.45, 2.75) is 11.0 Å². The smallest absolute Gasteiger partial charge is 0.246 e. The van der Waals surface area contributed by atoms with E-state index < -0.39 is 16.1 Å². The molecule has 0 aromatic heterocycles. The number of sulfonamides is 1. The van der Waals surface area contributed by atoms with Crippen LogP contribution in [-0.4, -0.2) is 87.5 Å². The van der Waals surface area contributed by atoms with Gasteiger partial charge in [-0.25, -0.2) is 8.42 Å². The molecule has 24 heavy (non-hydrogen) atoms. The topological polar surface area (TPSA) is 99.5 Å². The Morgan fingerprint density at radius 3 is 2.38 bits per heavy atom. The third-order valence-corrected chi connectivity index (χ3v) is 5.92. The van der Waals surface area contributed by atoms with Crippen LogP contribution in [0.15, 0.2) is 23.1 Å². The Morgan fingerprint density at radius 2 is 1.83 bits per heavy atom. The quantitative estimate of drug-likeness (QED) is 0.667. The number of nitrogens with zero attached hydrogens (tertiary/aromatic N) is 2. The highest BCUT2D eigenvalue weighted by Crippen LogP contribution is 2.31. The number of aliphatic hydroxyl groups is 2. The molecule has 0 bridgehead atoms. The first-order valence-electron chi connectivity index (χ1n) is 7.65. The van der Waals surface area contributed by atoms with Crippen LogP contribution in [0.3, 0.4) is 0 Å². The van der Waals surface area contributed by atoms with Gasteiger partial charge >= 0.3 is 0 Å². The molecule has 1 fully saturated rings. The van der Waals surface area contributed by atoms with Crippen molar-refractivity contribution >= 4 is 10.0 Å². The second-order valence-electron chi connectivity index (χ2n) is 5.56. The summed E-state index contributed by atoms with van der Waals surface area (Å²) in [6.07, 6.45) is -0.813. The van der Waals surface area contributed by atoms with Gasteiger partial charge in [-0.05, 0) is 12.1 Å². The summed E-state index contributed by atoms with van der Waals surface area (Å²) in [5.41, 5.74) is 0. The minimum Gasteiger partial charge on any atom is -0.497 e. The second-order valence-corrected chi connectivity index (χ2v) is 7.46. The largest absolute Gasteiger partial charge is 0.497 e. The van der Waals surface area contributed by atoms with Gasteiger partial charge in [-0.3, -0.25) is 4.90 Å². The lowest BCUT2D eigenvalue weighted by Gasteiger charge is -2.34. The Balaban J connectivity index is 2.15. The Morgan fingerprint density at radius 1 is 1.17 bits per heavy atom. The molecule has 2 rings (SSSR count). The van der Waals surface area contributed by atoms with E-state index >= 15 is 0 Å². The molecule has 8 nitrogen and oxygen atoms in total. The zero-order valence-corrected chi connectivity index (χ0v) is 14.7. The highest BCUT2D eigenvalue weighted by atomic mass is 32.2. The molecule has 1 unspecified atom stereocenters. The van der Waals surface area contributed by atoms with Crippen molar-refractivity contribution in [3.05, 3.63) is 18.2 Å². The summed E-state index contributed by atoms with van der Waals surface area (Å²) in [5.74, 6) is 0.716. The fraction of sp³-hybridized carbons (Fsp3) is 0.600. The maximum Gasteiger partial charge on any atom is 0.246 e. The van der Waals surface area contributed by atoms with E-state index in [1.807, 2.05) is 4.90 Å². The lowest BCUT2D eigenvalue weighted by Crippen LogP contribution is -2.50. The summed E-state index contributed by atoms with van der Waals surface area (Å²) in [6.45, 7) is 1.61. The fourth-order valence-corrected chi connectivity index (χ4v) is 4.23. The maximum absolute atomic E-state index is 12.9. The number of aliphatic hydroxyl groups excluding tert-OH is 2. The van der Waals surface area contributed by atoms with Crippen molar-refractivity contribution in [3.8, 4) is 11.5 Å². The van der Waals surface area contributed by atoms with Gasteiger partial charge in [0.25, 0.3) is 0 Å². The number of β-amino-alcohol motifs (C(OH)–C–C–N with tert-alkyl or cyclic N) is 1. The van der Waals surface area contributed by atoms with E-state index in [9.17, 15) is 13.5 Å². The molecular formula is C15H24N2O6S. The van der Waals surface area contributed by atoms with Crippen molar-refractivity contribution < 1.29 is 28.1 Å². The van der Waals surface area contributed by atoms with Gasteiger partial charge < -0.3 is 19.7 Å². The molecule has 1 atom stereocenters. The van der Waals surface area contributed by atoms with Gasteiger partial charge in [-0.15, -0.1) is 0 Å². The van der Waals surface area contributed by atoms with Gasteiger partial charge in [0, 0.05) is 38.8 Å². The van der Waals surface area contributed by atoms with Gasteiger partial charge in [0.1, 0.15) is 16.4 Å². The van der Waals surface area contributed by atoms with Crippen molar-refractivity contribution in [2.75, 3.05) is 53.6 Å². The van der Waals surface area contributed by atoms with Crippen LogP contribution in [0.5, 0.6) is 11.5 Å². The molecule has 1 aliphatic rings. The monoisotopic (exact) mass is 360 g/mol. The van der Waals surface area contributed by atoms with Gasteiger partial charge in [0.05, 0.1) is 26.9 Å². The van der Waals surface area contributed by atoms with Gasteiger partial charge in [-0.1, -0.05) is 0 Å². The highest BCUT2D eigenvalue weighted by Gasteiger charge is 2.31. The van der Waals surface area contributed by atoms with Crippen LogP contribution in [0, 0.1) is 0 Å². The first-order valence-corrected chi connectivity index (χ1v) is 9.09. The van der Waals surface area contributed by atoms with E-state index in [1.165, 1.54) is 24.6 Å². The van der Waals surface area contributed by atoms with E-state index in [1.54, 1.807) is 12.1 Å². The molecular weight excluding hydrogens is 336 g/mol. The van der Waals surface area contributed by atoms with Crippen LogP contribution in [0.25, 0.3) is 0 Å². The zero-order chi connectivity index (χ0) is 17.7. The molecule has 0 amide bonds. The number of methoxy groups -OCH3 is 2. The fourth-order valence-electron chi connectivity index (χ4n) is 2.63. The summed E-state index contributed by atoms with van der Waals surface area (Å²) in [5, 5.41) is 18.4. The summed E-state index contributed by atoms with van der Waals surface area (Å²) in [4.78, 5) is 2.00. The lowest BCUT2D eigenvalue weighted by atomic mass is 10.3. The third-order valence-electron chi connectivity index (χ3n) is 4.00. The van der Waals surface area contributed by atoms with Crippen LogP contribution in [0.1, 0.15) is 0 Å². The average Bonchev–Trinajstić information content (AvgIpc) is 2.61. The van der Waals surface area contributed by atoms with E-state index in [0.717, 1.165) is 0 Å². The van der Waals surface area contributed by atoms with E-state index in [0.29, 0.717) is 38.5 Å². The maximum atomic E-state index is 12.9. The first kappa shape index (κ1) is 18.9. The van der Waals surface area contributed by atoms with E-state index in [2.05, 4.69) is 0 Å². The van der Waals surface area contributed by atoms with Gasteiger partial charge in [0.15, 0.2) is 0 Å². The Bertz CT molecular complexity index is 643. The number of hydrogen-bond donors (Lipinski definition) is 2. The zero-order valence-electron chi connectivity index (χ0n) is 13.9. The van der Waals surface area contributed by atoms with Crippen LogP contribution < -0.4 is 9.47 Å². The van der Waals surface area contributed by atoms with Crippen LogP contribution in [-0.2, 0) is 10.0 Å². The lowest BCUT2D eigenvalue weighted by molar-refractivity contribution is 0.0491. The minimum atomic E-state index is -3.71. The molecule has 9 heteroatoms. The molecule has 1 heterocycles. The van der Waals surface area contributed by atoms with E-state index in [-0.39, 0.29) is 17.3 Å². The van der Waals surface area contributed by atoms with Crippen molar-refractivity contribution in [3.63, 3.8) is 0 Å². The standard InChI is InChI=1S/C15H24N2O6S/c1-22-13-3-4-14(23-2)15(9-13)24(20,21)17-7-5-16(6-8-17)10-12(19)11-18/h3-4,9,12,18-19H,5-8,10-11H2,1-2H3. The summed E-state index contributed by atoms with van der Waals surface area (Å²) in [7, 11) is -0.804. The summed E-state index contributed by atoms with van der Waals surface area (Å²) < 4.78 is 37.5. The van der Waals surface area contributed by atoms with Crippen molar-refractivity contribution in [1.82, 2.24) is 9.21 Å². The molecule has 1 aromatic rings. The molecule has 0 radical (unpaired) electrons. The minimum absolute atomic E-state index is 0.0770. The van der Waals surface area contributed by atoms with E-state index in [4.69, 9.17) is 14.6 Å². The molecule has 0 saturated carbocycles. The number of piperazine rings is 1. The number of hydrogen-bond acceptors (Lipinski definition) is 7. The SMILES string of the molecule is COc1ccc(OC)c(S(=O)(=O)N2CCN(CC(O)CO)CC2)c1. The van der Waals surface area contributed by atoms with Crippen molar-refractivity contribution in [2.24, 2.45) is 0 Å². The molecule has 1 aromatic carbocycles. The van der Waals surface area contributed by atoms with Gasteiger partial charge in [0.2, 0.25) is 10.0 Å². The average molecular weight is 360 g/mol. The highest BCUT2D eigenvalue weighted by molar-refractivity contribution is 7.89. The van der Waals surface area contributed by atoms with Crippen LogP contribution in [0.2, 0.25) is 0 Å². The van der Waals surface area contributed by atoms with Crippen molar-refractivity contribution in [1.29, 1.82) is 0 Å². The number of benzene rings is 1. The predicted molar refractivity (Wildman–Crippen MR) is 87.8 cm³/mol. The summed E-state index contributed by atoms with van der Waals surface area (Å²) >= 11 is 0.